The Morgan fingerprint density at radius 2 is 2.33 bits per heavy atom. The van der Waals surface area contributed by atoms with Crippen molar-refractivity contribution in [2.75, 3.05) is 31.8 Å². The highest BCUT2D eigenvalue weighted by molar-refractivity contribution is 7.98. The lowest BCUT2D eigenvalue weighted by Crippen LogP contribution is -2.47. The number of carboxylic acids is 1. The number of ether oxygens (including phenoxy) is 1. The maximum absolute atomic E-state index is 11.5. The topological polar surface area (TPSA) is 87.7 Å². The van der Waals surface area contributed by atoms with Crippen molar-refractivity contribution >= 4 is 23.8 Å². The molecule has 1 saturated heterocycles. The first-order valence-electron chi connectivity index (χ1n) is 5.97. The number of hydrogen-bond donors (Lipinski definition) is 3. The lowest BCUT2D eigenvalue weighted by Gasteiger charge is -2.15. The largest absolute Gasteiger partial charge is 0.480 e. The third-order valence-corrected chi connectivity index (χ3v) is 3.43. The molecule has 1 aliphatic heterocycles. The fraction of sp³-hybridized carbons (Fsp3) is 0.818. The molecule has 0 aromatic rings. The van der Waals surface area contributed by atoms with Crippen LogP contribution in [0, 0.1) is 5.92 Å². The van der Waals surface area contributed by atoms with E-state index < -0.39 is 18.0 Å². The Bertz CT molecular complexity index is 282. The second-order valence-electron chi connectivity index (χ2n) is 4.26. The van der Waals surface area contributed by atoms with Gasteiger partial charge < -0.3 is 20.5 Å². The second kappa shape index (κ2) is 8.20. The molecule has 1 fully saturated rings. The molecule has 0 radical (unpaired) electrons. The molecule has 2 unspecified atom stereocenters. The monoisotopic (exact) mass is 276 g/mol. The molecular formula is C11H20N2O4S. The smallest absolute Gasteiger partial charge is 0.326 e. The van der Waals surface area contributed by atoms with E-state index in [1.807, 2.05) is 6.26 Å². The molecule has 0 saturated carbocycles. The van der Waals surface area contributed by atoms with Gasteiger partial charge in [0.1, 0.15) is 6.04 Å². The van der Waals surface area contributed by atoms with Crippen LogP contribution in [0.25, 0.3) is 0 Å². The molecule has 6 nitrogen and oxygen atoms in total. The molecule has 2 atom stereocenters. The molecule has 3 N–H and O–H groups in total. The van der Waals surface area contributed by atoms with Crippen LogP contribution >= 0.6 is 11.8 Å². The van der Waals surface area contributed by atoms with Gasteiger partial charge in [0.25, 0.3) is 0 Å². The van der Waals surface area contributed by atoms with Crippen LogP contribution in [-0.4, -0.2) is 54.9 Å². The number of carboxylic acid groups (broad SMARTS) is 1. The van der Waals surface area contributed by atoms with Gasteiger partial charge in [-0.3, -0.25) is 0 Å². The van der Waals surface area contributed by atoms with Crippen LogP contribution in [-0.2, 0) is 9.53 Å². The molecule has 1 heterocycles. The Morgan fingerprint density at radius 1 is 1.56 bits per heavy atom. The summed E-state index contributed by atoms with van der Waals surface area (Å²) in [5, 5.41) is 14.1. The predicted molar refractivity (Wildman–Crippen MR) is 69.9 cm³/mol. The lowest BCUT2D eigenvalue weighted by molar-refractivity contribution is -0.139. The van der Waals surface area contributed by atoms with E-state index in [9.17, 15) is 9.59 Å². The van der Waals surface area contributed by atoms with Gasteiger partial charge in [0.05, 0.1) is 6.61 Å². The molecule has 0 aromatic heterocycles. The van der Waals surface area contributed by atoms with Crippen LogP contribution in [0.4, 0.5) is 4.79 Å². The maximum Gasteiger partial charge on any atom is 0.326 e. The van der Waals surface area contributed by atoms with Crippen LogP contribution < -0.4 is 10.6 Å². The standard InChI is InChI=1S/C11H20N2O4S/c1-18-5-3-9(10(14)15)13-11(16)12-6-8-2-4-17-7-8/h8-9H,2-7H2,1H3,(H,14,15)(H2,12,13,16). The summed E-state index contributed by atoms with van der Waals surface area (Å²) in [5.74, 6) is 0.0434. The SMILES string of the molecule is CSCCC(NC(=O)NCC1CCOC1)C(=O)O. The van der Waals surface area contributed by atoms with Crippen molar-refractivity contribution in [3.63, 3.8) is 0 Å². The van der Waals surface area contributed by atoms with E-state index >= 15 is 0 Å². The van der Waals surface area contributed by atoms with E-state index in [4.69, 9.17) is 9.84 Å². The van der Waals surface area contributed by atoms with Crippen molar-refractivity contribution in [1.82, 2.24) is 10.6 Å². The van der Waals surface area contributed by atoms with Crippen molar-refractivity contribution in [2.45, 2.75) is 18.9 Å². The highest BCUT2D eigenvalue weighted by atomic mass is 32.2. The first-order chi connectivity index (χ1) is 8.63. The quantitative estimate of drug-likeness (QED) is 0.631. The first kappa shape index (κ1) is 15.1. The number of carbonyl (C=O) groups excluding carboxylic acids is 1. The number of hydrogen-bond acceptors (Lipinski definition) is 4. The number of aliphatic carboxylic acids is 1. The molecule has 0 aliphatic carbocycles. The highest BCUT2D eigenvalue weighted by Crippen LogP contribution is 2.10. The zero-order chi connectivity index (χ0) is 13.4. The summed E-state index contributed by atoms with van der Waals surface area (Å²) >= 11 is 1.56. The number of amides is 2. The van der Waals surface area contributed by atoms with E-state index in [0.29, 0.717) is 31.2 Å². The number of carbonyl (C=O) groups is 2. The van der Waals surface area contributed by atoms with Gasteiger partial charge in [-0.1, -0.05) is 0 Å². The Morgan fingerprint density at radius 3 is 2.89 bits per heavy atom. The minimum Gasteiger partial charge on any atom is -0.480 e. The zero-order valence-corrected chi connectivity index (χ0v) is 11.3. The minimum atomic E-state index is -0.997. The average molecular weight is 276 g/mol. The molecule has 0 aromatic carbocycles. The second-order valence-corrected chi connectivity index (χ2v) is 5.24. The van der Waals surface area contributed by atoms with Crippen LogP contribution in [0.15, 0.2) is 0 Å². The lowest BCUT2D eigenvalue weighted by atomic mass is 10.1. The van der Waals surface area contributed by atoms with Gasteiger partial charge in [0, 0.05) is 19.1 Å². The molecule has 2 amide bonds. The van der Waals surface area contributed by atoms with Crippen LogP contribution in [0.3, 0.4) is 0 Å². The molecule has 7 heteroatoms. The summed E-state index contributed by atoms with van der Waals surface area (Å²) in [7, 11) is 0. The van der Waals surface area contributed by atoms with Crippen molar-refractivity contribution in [2.24, 2.45) is 5.92 Å². The van der Waals surface area contributed by atoms with Crippen molar-refractivity contribution < 1.29 is 19.4 Å². The fourth-order valence-corrected chi connectivity index (χ4v) is 2.16. The van der Waals surface area contributed by atoms with Gasteiger partial charge in [-0.25, -0.2) is 9.59 Å². The van der Waals surface area contributed by atoms with Gasteiger partial charge in [-0.2, -0.15) is 11.8 Å². The number of urea groups is 1. The minimum absolute atomic E-state index is 0.338. The summed E-state index contributed by atoms with van der Waals surface area (Å²) in [4.78, 5) is 22.5. The van der Waals surface area contributed by atoms with Gasteiger partial charge in [0.15, 0.2) is 0 Å². The normalized spacial score (nSPS) is 20.4. The molecule has 0 spiro atoms. The Kier molecular flexibility index (Phi) is 6.89. The summed E-state index contributed by atoms with van der Waals surface area (Å²) < 4.78 is 5.19. The number of nitrogens with one attached hydrogen (secondary N) is 2. The van der Waals surface area contributed by atoms with Crippen LogP contribution in [0.5, 0.6) is 0 Å². The van der Waals surface area contributed by atoms with Gasteiger partial charge >= 0.3 is 12.0 Å². The zero-order valence-electron chi connectivity index (χ0n) is 10.5. The van der Waals surface area contributed by atoms with Crippen molar-refractivity contribution in [1.29, 1.82) is 0 Å². The van der Waals surface area contributed by atoms with Crippen molar-refractivity contribution in [3.8, 4) is 0 Å². The molecule has 104 valence electrons. The highest BCUT2D eigenvalue weighted by Gasteiger charge is 2.20. The van der Waals surface area contributed by atoms with E-state index in [2.05, 4.69) is 10.6 Å². The van der Waals surface area contributed by atoms with E-state index in [1.54, 1.807) is 11.8 Å². The molecule has 0 bridgehead atoms. The Balaban J connectivity index is 2.24. The third-order valence-electron chi connectivity index (χ3n) is 2.79. The van der Waals surface area contributed by atoms with Crippen molar-refractivity contribution in [3.05, 3.63) is 0 Å². The first-order valence-corrected chi connectivity index (χ1v) is 7.36. The number of rotatable bonds is 7. The summed E-state index contributed by atoms with van der Waals surface area (Å²) in [6, 6.07) is -1.24. The molecule has 1 aliphatic rings. The van der Waals surface area contributed by atoms with E-state index in [1.165, 1.54) is 0 Å². The molecular weight excluding hydrogens is 256 g/mol. The summed E-state index contributed by atoms with van der Waals surface area (Å²) in [6.07, 6.45) is 3.27. The summed E-state index contributed by atoms with van der Waals surface area (Å²) in [5.41, 5.74) is 0. The van der Waals surface area contributed by atoms with E-state index in [-0.39, 0.29) is 0 Å². The van der Waals surface area contributed by atoms with Gasteiger partial charge in [-0.05, 0) is 24.9 Å². The van der Waals surface area contributed by atoms with Crippen LogP contribution in [0.2, 0.25) is 0 Å². The predicted octanol–water partition coefficient (Wildman–Crippen LogP) is 0.528. The fourth-order valence-electron chi connectivity index (χ4n) is 1.68. The van der Waals surface area contributed by atoms with Gasteiger partial charge in [0.2, 0.25) is 0 Å². The van der Waals surface area contributed by atoms with Gasteiger partial charge in [-0.15, -0.1) is 0 Å². The summed E-state index contributed by atoms with van der Waals surface area (Å²) in [6.45, 7) is 1.93. The Labute approximate surface area is 111 Å². The average Bonchev–Trinajstić information content (AvgIpc) is 2.84. The third kappa shape index (κ3) is 5.59. The number of thioether (sulfide) groups is 1. The maximum atomic E-state index is 11.5. The molecule has 1 rings (SSSR count). The Hall–Kier alpha value is -0.950. The van der Waals surface area contributed by atoms with Crippen LogP contribution in [0.1, 0.15) is 12.8 Å². The van der Waals surface area contributed by atoms with E-state index in [0.717, 1.165) is 13.0 Å². The molecule has 18 heavy (non-hydrogen) atoms.